The fourth-order valence-electron chi connectivity index (χ4n) is 2.29. The minimum atomic E-state index is -2.55. The Bertz CT molecular complexity index is 750. The van der Waals surface area contributed by atoms with E-state index in [2.05, 4.69) is 0 Å². The molecule has 114 valence electrons. The highest BCUT2D eigenvalue weighted by Gasteiger charge is 2.23. The Morgan fingerprint density at radius 1 is 1.24 bits per heavy atom. The Labute approximate surface area is 124 Å². The molecular weight excluding hydrogens is 287 g/mol. The number of nitrogen functional groups attached to an aromatic ring is 1. The molecule has 0 aliphatic rings. The van der Waals surface area contributed by atoms with E-state index in [1.165, 1.54) is 4.57 Å². The van der Waals surface area contributed by atoms with Gasteiger partial charge in [0, 0.05) is 22.6 Å². The van der Waals surface area contributed by atoms with Crippen molar-refractivity contribution in [2.75, 3.05) is 19.1 Å². The second-order valence-electron chi connectivity index (χ2n) is 6.45. The van der Waals surface area contributed by atoms with Crippen LogP contribution in [-0.2, 0) is 9.30 Å². The molecule has 0 radical (unpaired) electrons. The number of nitrogens with zero attached hydrogens (tertiary/aromatic N) is 1. The number of benzene rings is 1. The molecule has 0 aliphatic carbocycles. The molecule has 2 rings (SSSR count). The Kier molecular flexibility index (Phi) is 3.66. The zero-order valence-corrected chi connectivity index (χ0v) is 13.9. The van der Waals surface area contributed by atoms with E-state index >= 15 is 0 Å². The van der Waals surface area contributed by atoms with Crippen molar-refractivity contribution in [3.8, 4) is 0 Å². The van der Waals surface area contributed by atoms with E-state index in [9.17, 15) is 9.36 Å². The standard InChI is InChI=1S/C15H21N2O3P/c1-15(2,3)20-14(18)17-9-8-10-12(17)7-6-11(16)13(10)21(4,5)19/h6-9H,16H2,1-5H3. The maximum absolute atomic E-state index is 12.5. The summed E-state index contributed by atoms with van der Waals surface area (Å²) in [5.74, 6) is 0. The third-order valence-electron chi connectivity index (χ3n) is 3.00. The maximum atomic E-state index is 12.5. The quantitative estimate of drug-likeness (QED) is 0.648. The van der Waals surface area contributed by atoms with Gasteiger partial charge in [0.15, 0.2) is 0 Å². The van der Waals surface area contributed by atoms with Crippen LogP contribution in [-0.4, -0.2) is 29.6 Å². The van der Waals surface area contributed by atoms with Crippen molar-refractivity contribution in [1.29, 1.82) is 0 Å². The van der Waals surface area contributed by atoms with Crippen LogP contribution in [0.25, 0.3) is 10.9 Å². The average molecular weight is 308 g/mol. The van der Waals surface area contributed by atoms with Crippen molar-refractivity contribution in [2.24, 2.45) is 0 Å². The number of rotatable bonds is 1. The number of nitrogens with two attached hydrogens (primary N) is 1. The molecule has 0 saturated heterocycles. The number of ether oxygens (including phenoxy) is 1. The van der Waals surface area contributed by atoms with E-state index in [1.54, 1.807) is 37.7 Å². The summed E-state index contributed by atoms with van der Waals surface area (Å²) < 4.78 is 19.2. The van der Waals surface area contributed by atoms with Crippen LogP contribution in [0.2, 0.25) is 0 Å². The summed E-state index contributed by atoms with van der Waals surface area (Å²) in [6.45, 7) is 8.77. The third-order valence-corrected chi connectivity index (χ3v) is 4.58. The molecule has 0 bridgehead atoms. The van der Waals surface area contributed by atoms with E-state index in [1.807, 2.05) is 20.8 Å². The predicted octanol–water partition coefficient (Wildman–Crippen LogP) is 3.25. The van der Waals surface area contributed by atoms with E-state index in [4.69, 9.17) is 10.5 Å². The van der Waals surface area contributed by atoms with Gasteiger partial charge in [-0.15, -0.1) is 0 Å². The van der Waals surface area contributed by atoms with Gasteiger partial charge < -0.3 is 15.0 Å². The van der Waals surface area contributed by atoms with Crippen LogP contribution >= 0.6 is 7.14 Å². The van der Waals surface area contributed by atoms with Gasteiger partial charge in [-0.05, 0) is 52.3 Å². The lowest BCUT2D eigenvalue weighted by Crippen LogP contribution is -2.26. The number of anilines is 1. The first-order valence-corrected chi connectivity index (χ1v) is 9.29. The molecule has 1 aromatic heterocycles. The lowest BCUT2D eigenvalue weighted by Gasteiger charge is -2.20. The first-order chi connectivity index (χ1) is 9.50. The molecule has 1 aromatic carbocycles. The largest absolute Gasteiger partial charge is 0.443 e. The van der Waals surface area contributed by atoms with E-state index in [-0.39, 0.29) is 0 Å². The molecule has 0 spiro atoms. The summed E-state index contributed by atoms with van der Waals surface area (Å²) in [5.41, 5.74) is 6.52. The maximum Gasteiger partial charge on any atom is 0.418 e. The van der Waals surface area contributed by atoms with Crippen LogP contribution in [0.1, 0.15) is 20.8 Å². The predicted molar refractivity (Wildman–Crippen MR) is 87.1 cm³/mol. The van der Waals surface area contributed by atoms with Crippen molar-refractivity contribution in [3.63, 3.8) is 0 Å². The molecule has 1 heterocycles. The fourth-order valence-corrected chi connectivity index (χ4v) is 3.75. The van der Waals surface area contributed by atoms with Gasteiger partial charge in [-0.2, -0.15) is 0 Å². The highest BCUT2D eigenvalue weighted by Crippen LogP contribution is 2.40. The molecule has 6 heteroatoms. The van der Waals surface area contributed by atoms with Crippen LogP contribution in [0.4, 0.5) is 10.5 Å². The van der Waals surface area contributed by atoms with Gasteiger partial charge in [0.1, 0.15) is 12.7 Å². The van der Waals surface area contributed by atoms with Crippen molar-refractivity contribution in [3.05, 3.63) is 24.4 Å². The number of aromatic nitrogens is 1. The summed E-state index contributed by atoms with van der Waals surface area (Å²) in [6, 6.07) is 5.18. The fraction of sp³-hybridized carbons (Fsp3) is 0.400. The smallest absolute Gasteiger partial charge is 0.418 e. The van der Waals surface area contributed by atoms with Gasteiger partial charge in [-0.25, -0.2) is 4.79 Å². The molecular formula is C15H21N2O3P. The summed E-state index contributed by atoms with van der Waals surface area (Å²) in [4.78, 5) is 12.2. The summed E-state index contributed by atoms with van der Waals surface area (Å²) in [6.07, 6.45) is 1.16. The van der Waals surface area contributed by atoms with Gasteiger partial charge in [0.2, 0.25) is 0 Å². The number of carbonyl (C=O) groups excluding carboxylic acids is 1. The second kappa shape index (κ2) is 4.92. The number of hydrogen-bond donors (Lipinski definition) is 1. The van der Waals surface area contributed by atoms with Gasteiger partial charge in [0.05, 0.1) is 5.52 Å². The molecule has 21 heavy (non-hydrogen) atoms. The van der Waals surface area contributed by atoms with Crippen molar-refractivity contribution >= 4 is 35.1 Å². The van der Waals surface area contributed by atoms with Crippen molar-refractivity contribution < 1.29 is 14.1 Å². The van der Waals surface area contributed by atoms with E-state index in [0.29, 0.717) is 16.5 Å². The molecule has 5 nitrogen and oxygen atoms in total. The minimum Gasteiger partial charge on any atom is -0.443 e. The Hall–Kier alpha value is -1.74. The van der Waals surface area contributed by atoms with Crippen LogP contribution < -0.4 is 11.0 Å². The summed E-state index contributed by atoms with van der Waals surface area (Å²) in [7, 11) is -2.55. The first-order valence-electron chi connectivity index (χ1n) is 6.69. The Balaban J connectivity index is 2.61. The lowest BCUT2D eigenvalue weighted by atomic mass is 10.2. The molecule has 0 unspecified atom stereocenters. The van der Waals surface area contributed by atoms with Gasteiger partial charge in [-0.1, -0.05) is 0 Å². The molecule has 0 aliphatic heterocycles. The molecule has 0 fully saturated rings. The Morgan fingerprint density at radius 3 is 2.38 bits per heavy atom. The zero-order chi connectivity index (χ0) is 16.0. The monoisotopic (exact) mass is 308 g/mol. The van der Waals surface area contributed by atoms with Crippen molar-refractivity contribution in [2.45, 2.75) is 26.4 Å². The average Bonchev–Trinajstić information content (AvgIpc) is 2.67. The lowest BCUT2D eigenvalue weighted by molar-refractivity contribution is 0.0544. The number of carbonyl (C=O) groups is 1. The second-order valence-corrected chi connectivity index (χ2v) is 9.60. The van der Waals surface area contributed by atoms with Gasteiger partial charge >= 0.3 is 6.09 Å². The first kappa shape index (κ1) is 15.6. The van der Waals surface area contributed by atoms with E-state index in [0.717, 1.165) is 5.39 Å². The van der Waals surface area contributed by atoms with Crippen LogP contribution in [0.3, 0.4) is 0 Å². The SMILES string of the molecule is CC(C)(C)OC(=O)n1ccc2c(P(C)(C)=O)c(N)ccc21. The Morgan fingerprint density at radius 2 is 1.86 bits per heavy atom. The normalized spacial score (nSPS) is 12.6. The summed E-state index contributed by atoms with van der Waals surface area (Å²) in [5, 5.41) is 1.34. The number of hydrogen-bond acceptors (Lipinski definition) is 4. The topological polar surface area (TPSA) is 74.3 Å². The highest BCUT2D eigenvalue weighted by atomic mass is 31.2. The van der Waals surface area contributed by atoms with Gasteiger partial charge in [-0.3, -0.25) is 4.57 Å². The highest BCUT2D eigenvalue weighted by molar-refractivity contribution is 7.71. The van der Waals surface area contributed by atoms with Crippen LogP contribution in [0, 0.1) is 0 Å². The van der Waals surface area contributed by atoms with E-state index < -0.39 is 18.8 Å². The van der Waals surface area contributed by atoms with Crippen molar-refractivity contribution in [1.82, 2.24) is 4.57 Å². The molecule has 0 saturated carbocycles. The zero-order valence-electron chi connectivity index (χ0n) is 13.0. The third kappa shape index (κ3) is 3.13. The molecule has 0 amide bonds. The summed E-state index contributed by atoms with van der Waals surface area (Å²) >= 11 is 0. The minimum absolute atomic E-state index is 0.463. The molecule has 0 atom stereocenters. The molecule has 2 N–H and O–H groups in total. The number of fused-ring (bicyclic) bond motifs is 1. The van der Waals surface area contributed by atoms with Crippen LogP contribution in [0.5, 0.6) is 0 Å². The van der Waals surface area contributed by atoms with Crippen LogP contribution in [0.15, 0.2) is 24.4 Å². The molecule has 2 aromatic rings. The van der Waals surface area contributed by atoms with Gasteiger partial charge in [0.25, 0.3) is 0 Å².